The van der Waals surface area contributed by atoms with Crippen LogP contribution >= 0.6 is 0 Å². The molecule has 0 spiro atoms. The average molecular weight is 195 g/mol. The lowest BCUT2D eigenvalue weighted by Gasteiger charge is -2.52. The molecule has 0 bridgehead atoms. The SMILES string of the molecule is CC1(C)CC(CN)(Cc2nnn[nH]2)C1. The van der Waals surface area contributed by atoms with E-state index in [1.54, 1.807) is 0 Å². The minimum absolute atomic E-state index is 0.227. The zero-order chi connectivity index (χ0) is 10.2. The molecule has 14 heavy (non-hydrogen) atoms. The highest BCUT2D eigenvalue weighted by Crippen LogP contribution is 2.54. The molecule has 5 nitrogen and oxygen atoms in total. The van der Waals surface area contributed by atoms with E-state index in [-0.39, 0.29) is 5.41 Å². The highest BCUT2D eigenvalue weighted by Gasteiger charge is 2.48. The summed E-state index contributed by atoms with van der Waals surface area (Å²) in [7, 11) is 0. The zero-order valence-corrected chi connectivity index (χ0v) is 8.75. The lowest BCUT2D eigenvalue weighted by atomic mass is 9.53. The van der Waals surface area contributed by atoms with Gasteiger partial charge in [0.05, 0.1) is 0 Å². The molecule has 1 aliphatic rings. The van der Waals surface area contributed by atoms with E-state index in [1.807, 2.05) is 0 Å². The van der Waals surface area contributed by atoms with Crippen molar-refractivity contribution in [2.75, 3.05) is 6.54 Å². The normalized spacial score (nSPS) is 23.1. The van der Waals surface area contributed by atoms with Crippen molar-refractivity contribution in [2.45, 2.75) is 33.1 Å². The summed E-state index contributed by atoms with van der Waals surface area (Å²) in [4.78, 5) is 0. The molecule has 0 unspecified atom stereocenters. The monoisotopic (exact) mass is 195 g/mol. The van der Waals surface area contributed by atoms with Crippen molar-refractivity contribution in [3.05, 3.63) is 5.82 Å². The fourth-order valence-corrected chi connectivity index (χ4v) is 2.93. The fourth-order valence-electron chi connectivity index (χ4n) is 2.93. The van der Waals surface area contributed by atoms with Crippen LogP contribution in [0.5, 0.6) is 0 Å². The summed E-state index contributed by atoms with van der Waals surface area (Å²) in [6.07, 6.45) is 3.20. The second-order valence-electron chi connectivity index (χ2n) is 5.25. The van der Waals surface area contributed by atoms with Gasteiger partial charge in [-0.1, -0.05) is 13.8 Å². The largest absolute Gasteiger partial charge is 0.330 e. The summed E-state index contributed by atoms with van der Waals surface area (Å²) in [5.74, 6) is 0.853. The Balaban J connectivity index is 2.02. The molecule has 0 atom stereocenters. The number of rotatable bonds is 3. The third-order valence-electron chi connectivity index (χ3n) is 3.07. The number of hydrogen-bond acceptors (Lipinski definition) is 4. The first-order chi connectivity index (χ1) is 6.55. The molecule has 2 rings (SSSR count). The van der Waals surface area contributed by atoms with Gasteiger partial charge in [-0.25, -0.2) is 5.10 Å². The minimum atomic E-state index is 0.227. The number of nitrogens with two attached hydrogens (primary N) is 1. The molecular weight excluding hydrogens is 178 g/mol. The number of hydrogen-bond donors (Lipinski definition) is 2. The van der Waals surface area contributed by atoms with Crippen LogP contribution in [0.3, 0.4) is 0 Å². The smallest absolute Gasteiger partial charge is 0.149 e. The number of nitrogens with zero attached hydrogens (tertiary/aromatic N) is 3. The summed E-state index contributed by atoms with van der Waals surface area (Å²) >= 11 is 0. The predicted molar refractivity (Wildman–Crippen MR) is 52.4 cm³/mol. The zero-order valence-electron chi connectivity index (χ0n) is 8.75. The number of aromatic nitrogens is 4. The molecule has 1 heterocycles. The maximum absolute atomic E-state index is 5.82. The number of nitrogens with one attached hydrogen (secondary N) is 1. The number of H-pyrrole nitrogens is 1. The number of aromatic amines is 1. The summed E-state index contributed by atoms with van der Waals surface area (Å²) in [6, 6.07) is 0. The van der Waals surface area contributed by atoms with Crippen LogP contribution in [0.25, 0.3) is 0 Å². The Kier molecular flexibility index (Phi) is 2.06. The quantitative estimate of drug-likeness (QED) is 0.736. The molecule has 0 amide bonds. The van der Waals surface area contributed by atoms with Crippen LogP contribution in [0.15, 0.2) is 0 Å². The minimum Gasteiger partial charge on any atom is -0.330 e. The van der Waals surface area contributed by atoms with Gasteiger partial charge in [-0.2, -0.15) is 0 Å². The van der Waals surface area contributed by atoms with Crippen molar-refractivity contribution >= 4 is 0 Å². The van der Waals surface area contributed by atoms with E-state index in [2.05, 4.69) is 34.5 Å². The van der Waals surface area contributed by atoms with Gasteiger partial charge in [-0.3, -0.25) is 0 Å². The Labute approximate surface area is 83.5 Å². The van der Waals surface area contributed by atoms with Crippen molar-refractivity contribution in [1.29, 1.82) is 0 Å². The van der Waals surface area contributed by atoms with Crippen LogP contribution in [0, 0.1) is 10.8 Å². The molecule has 1 aromatic heterocycles. The lowest BCUT2D eigenvalue weighted by molar-refractivity contribution is -0.00646. The van der Waals surface area contributed by atoms with Gasteiger partial charge >= 0.3 is 0 Å². The Morgan fingerprint density at radius 3 is 2.57 bits per heavy atom. The highest BCUT2D eigenvalue weighted by molar-refractivity contribution is 5.03. The molecule has 5 heteroatoms. The van der Waals surface area contributed by atoms with Crippen molar-refractivity contribution < 1.29 is 0 Å². The third-order valence-corrected chi connectivity index (χ3v) is 3.07. The van der Waals surface area contributed by atoms with E-state index < -0.39 is 0 Å². The molecule has 78 valence electrons. The summed E-state index contributed by atoms with van der Waals surface area (Å²) in [5, 5.41) is 13.8. The molecule has 0 radical (unpaired) electrons. The van der Waals surface area contributed by atoms with Crippen molar-refractivity contribution in [2.24, 2.45) is 16.6 Å². The fraction of sp³-hybridized carbons (Fsp3) is 0.889. The standard InChI is InChI=1S/C9H17N5/c1-8(2)4-9(5-8,6-10)3-7-11-13-14-12-7/h3-6,10H2,1-2H3,(H,11,12,13,14). The molecule has 0 aromatic carbocycles. The Bertz CT molecular complexity index is 295. The third kappa shape index (κ3) is 1.64. The van der Waals surface area contributed by atoms with Crippen LogP contribution in [0.2, 0.25) is 0 Å². The van der Waals surface area contributed by atoms with Gasteiger partial charge in [-0.15, -0.1) is 5.10 Å². The van der Waals surface area contributed by atoms with Crippen LogP contribution < -0.4 is 5.73 Å². The second kappa shape index (κ2) is 3.02. The molecular formula is C9H17N5. The van der Waals surface area contributed by atoms with Crippen molar-refractivity contribution in [3.8, 4) is 0 Å². The Morgan fingerprint density at radius 2 is 2.14 bits per heavy atom. The van der Waals surface area contributed by atoms with Gasteiger partial charge in [0.1, 0.15) is 5.82 Å². The maximum atomic E-state index is 5.82. The average Bonchev–Trinajstić information content (AvgIpc) is 2.53. The van der Waals surface area contributed by atoms with E-state index in [9.17, 15) is 0 Å². The van der Waals surface area contributed by atoms with Crippen LogP contribution in [0.1, 0.15) is 32.5 Å². The molecule has 1 saturated carbocycles. The van der Waals surface area contributed by atoms with Gasteiger partial charge in [0.25, 0.3) is 0 Å². The Hall–Kier alpha value is -0.970. The Morgan fingerprint density at radius 1 is 1.43 bits per heavy atom. The molecule has 1 fully saturated rings. The van der Waals surface area contributed by atoms with E-state index in [0.29, 0.717) is 5.41 Å². The second-order valence-corrected chi connectivity index (χ2v) is 5.25. The van der Waals surface area contributed by atoms with Crippen LogP contribution in [-0.2, 0) is 6.42 Å². The predicted octanol–water partition coefficient (Wildman–Crippen LogP) is 0.507. The number of tetrazole rings is 1. The molecule has 1 aliphatic carbocycles. The van der Waals surface area contributed by atoms with E-state index in [4.69, 9.17) is 5.73 Å². The van der Waals surface area contributed by atoms with Crippen LogP contribution in [0.4, 0.5) is 0 Å². The summed E-state index contributed by atoms with van der Waals surface area (Å²) < 4.78 is 0. The highest BCUT2D eigenvalue weighted by atomic mass is 15.5. The lowest BCUT2D eigenvalue weighted by Crippen LogP contribution is -2.49. The molecule has 3 N–H and O–H groups in total. The van der Waals surface area contributed by atoms with Crippen molar-refractivity contribution in [1.82, 2.24) is 20.6 Å². The summed E-state index contributed by atoms with van der Waals surface area (Å²) in [6.45, 7) is 5.27. The molecule has 1 aromatic rings. The first-order valence-electron chi connectivity index (χ1n) is 4.98. The topological polar surface area (TPSA) is 80.5 Å². The van der Waals surface area contributed by atoms with Crippen molar-refractivity contribution in [3.63, 3.8) is 0 Å². The summed E-state index contributed by atoms with van der Waals surface area (Å²) in [5.41, 5.74) is 6.49. The van der Waals surface area contributed by atoms with Crippen LogP contribution in [-0.4, -0.2) is 27.2 Å². The van der Waals surface area contributed by atoms with E-state index in [1.165, 1.54) is 0 Å². The maximum Gasteiger partial charge on any atom is 0.149 e. The van der Waals surface area contributed by atoms with Gasteiger partial charge in [0, 0.05) is 6.42 Å². The van der Waals surface area contributed by atoms with Gasteiger partial charge in [-0.05, 0) is 40.6 Å². The van der Waals surface area contributed by atoms with Gasteiger partial charge in [0.15, 0.2) is 0 Å². The first-order valence-corrected chi connectivity index (χ1v) is 4.98. The van der Waals surface area contributed by atoms with E-state index >= 15 is 0 Å². The molecule has 0 aliphatic heterocycles. The van der Waals surface area contributed by atoms with Gasteiger partial charge in [0.2, 0.25) is 0 Å². The van der Waals surface area contributed by atoms with E-state index in [0.717, 1.165) is 31.6 Å². The molecule has 0 saturated heterocycles. The first kappa shape index (κ1) is 9.58. The van der Waals surface area contributed by atoms with Gasteiger partial charge < -0.3 is 5.73 Å².